The van der Waals surface area contributed by atoms with Crippen LogP contribution in [0.1, 0.15) is 43.5 Å². The highest BCUT2D eigenvalue weighted by Crippen LogP contribution is 2.31. The van der Waals surface area contributed by atoms with E-state index in [2.05, 4.69) is 16.6 Å². The van der Waals surface area contributed by atoms with Gasteiger partial charge in [-0.15, -0.1) is 0 Å². The van der Waals surface area contributed by atoms with E-state index in [0.29, 0.717) is 22.7 Å². The second kappa shape index (κ2) is 7.16. The van der Waals surface area contributed by atoms with Gasteiger partial charge in [0.15, 0.2) is 0 Å². The normalized spacial score (nSPS) is 21.6. The van der Waals surface area contributed by atoms with Crippen LogP contribution in [-0.2, 0) is 0 Å². The van der Waals surface area contributed by atoms with Crippen molar-refractivity contribution in [2.24, 2.45) is 0 Å². The van der Waals surface area contributed by atoms with Crippen LogP contribution < -0.4 is 5.32 Å². The van der Waals surface area contributed by atoms with Crippen LogP contribution >= 0.6 is 11.8 Å². The van der Waals surface area contributed by atoms with E-state index in [1.807, 2.05) is 49.7 Å². The fraction of sp³-hybridized carbons (Fsp3) is 0.625. The van der Waals surface area contributed by atoms with Gasteiger partial charge in [0.25, 0.3) is 5.91 Å². The molecule has 1 saturated carbocycles. The Morgan fingerprint density at radius 2 is 2.24 bits per heavy atom. The van der Waals surface area contributed by atoms with Crippen molar-refractivity contribution in [2.45, 2.75) is 50.4 Å². The number of hydrogen-bond donors (Lipinski definition) is 1. The number of carbonyl (C=O) groups is 1. The standard InChI is InChI=1S/C16H25N3OS/c1-11(2)18-15-14(6-5-9-17-15)16(20)19(3)12-7-8-13(10-12)21-4/h5-6,9,11-13H,7-8,10H2,1-4H3,(H,17,18)/t12-,13+/m1/s1. The third kappa shape index (κ3) is 3.90. The summed E-state index contributed by atoms with van der Waals surface area (Å²) >= 11 is 1.91. The maximum atomic E-state index is 12.8. The van der Waals surface area contributed by atoms with Gasteiger partial charge in [0.05, 0.1) is 5.56 Å². The van der Waals surface area contributed by atoms with Crippen molar-refractivity contribution in [3.8, 4) is 0 Å². The minimum atomic E-state index is 0.0676. The molecule has 0 spiro atoms. The Balaban J connectivity index is 2.12. The highest BCUT2D eigenvalue weighted by molar-refractivity contribution is 7.99. The predicted octanol–water partition coefficient (Wildman–Crippen LogP) is 3.26. The van der Waals surface area contributed by atoms with Gasteiger partial charge in [-0.05, 0) is 51.5 Å². The van der Waals surface area contributed by atoms with Gasteiger partial charge in [-0.3, -0.25) is 4.79 Å². The third-order valence-corrected chi connectivity index (χ3v) is 5.12. The minimum Gasteiger partial charge on any atom is -0.367 e. The zero-order valence-electron chi connectivity index (χ0n) is 13.3. The lowest BCUT2D eigenvalue weighted by molar-refractivity contribution is 0.0736. The molecule has 4 nitrogen and oxygen atoms in total. The summed E-state index contributed by atoms with van der Waals surface area (Å²) in [6.07, 6.45) is 7.27. The van der Waals surface area contributed by atoms with Crippen LogP contribution in [0.3, 0.4) is 0 Å². The first-order valence-corrected chi connectivity index (χ1v) is 8.83. The third-order valence-electron chi connectivity index (χ3n) is 4.02. The molecule has 1 N–H and O–H groups in total. The van der Waals surface area contributed by atoms with E-state index in [0.717, 1.165) is 12.8 Å². The van der Waals surface area contributed by atoms with Crippen LogP contribution in [0, 0.1) is 0 Å². The van der Waals surface area contributed by atoms with Gasteiger partial charge < -0.3 is 10.2 Å². The number of aromatic nitrogens is 1. The van der Waals surface area contributed by atoms with Gasteiger partial charge in [-0.2, -0.15) is 11.8 Å². The molecule has 1 aromatic rings. The Morgan fingerprint density at radius 1 is 1.48 bits per heavy atom. The second-order valence-corrected chi connectivity index (χ2v) is 7.08. The molecule has 1 amide bonds. The summed E-state index contributed by atoms with van der Waals surface area (Å²) in [6, 6.07) is 4.29. The van der Waals surface area contributed by atoms with Gasteiger partial charge in [0.2, 0.25) is 0 Å². The fourth-order valence-electron chi connectivity index (χ4n) is 2.81. The fourth-order valence-corrected chi connectivity index (χ4v) is 3.59. The molecule has 0 saturated heterocycles. The van der Waals surface area contributed by atoms with Crippen molar-refractivity contribution in [2.75, 3.05) is 18.6 Å². The molecule has 0 bridgehead atoms. The van der Waals surface area contributed by atoms with Crippen molar-refractivity contribution in [3.05, 3.63) is 23.9 Å². The lowest BCUT2D eigenvalue weighted by Gasteiger charge is -2.25. The molecule has 0 aliphatic heterocycles. The molecule has 0 unspecified atom stereocenters. The number of carbonyl (C=O) groups excluding carboxylic acids is 1. The first-order chi connectivity index (χ1) is 10.0. The summed E-state index contributed by atoms with van der Waals surface area (Å²) in [5.41, 5.74) is 0.668. The Kier molecular flexibility index (Phi) is 5.51. The molecular weight excluding hydrogens is 282 g/mol. The van der Waals surface area contributed by atoms with Crippen LogP contribution in [0.2, 0.25) is 0 Å². The summed E-state index contributed by atoms with van der Waals surface area (Å²) < 4.78 is 0. The Hall–Kier alpha value is -1.23. The van der Waals surface area contributed by atoms with Crippen LogP contribution in [0.5, 0.6) is 0 Å². The highest BCUT2D eigenvalue weighted by atomic mass is 32.2. The number of pyridine rings is 1. The Morgan fingerprint density at radius 3 is 2.86 bits per heavy atom. The molecule has 1 aromatic heterocycles. The quantitative estimate of drug-likeness (QED) is 0.907. The van der Waals surface area contributed by atoms with Gasteiger partial charge in [0, 0.05) is 30.6 Å². The first kappa shape index (κ1) is 16.1. The van der Waals surface area contributed by atoms with Crippen LogP contribution in [0.25, 0.3) is 0 Å². The summed E-state index contributed by atoms with van der Waals surface area (Å²) in [5.74, 6) is 0.752. The van der Waals surface area contributed by atoms with Gasteiger partial charge >= 0.3 is 0 Å². The molecule has 1 heterocycles. The van der Waals surface area contributed by atoms with E-state index in [1.165, 1.54) is 6.42 Å². The van der Waals surface area contributed by atoms with Crippen molar-refractivity contribution < 1.29 is 4.79 Å². The lowest BCUT2D eigenvalue weighted by Crippen LogP contribution is -2.36. The molecule has 1 aliphatic rings. The smallest absolute Gasteiger partial charge is 0.257 e. The Bertz CT molecular complexity index is 492. The maximum absolute atomic E-state index is 12.8. The molecular formula is C16H25N3OS. The van der Waals surface area contributed by atoms with E-state index in [9.17, 15) is 4.79 Å². The summed E-state index contributed by atoms with van der Waals surface area (Å²) in [7, 11) is 1.92. The van der Waals surface area contributed by atoms with E-state index in [-0.39, 0.29) is 11.9 Å². The average Bonchev–Trinajstić information content (AvgIpc) is 2.94. The maximum Gasteiger partial charge on any atom is 0.257 e. The number of thioether (sulfide) groups is 1. The van der Waals surface area contributed by atoms with Crippen LogP contribution in [0.15, 0.2) is 18.3 Å². The highest BCUT2D eigenvalue weighted by Gasteiger charge is 2.30. The van der Waals surface area contributed by atoms with Gasteiger partial charge in [0.1, 0.15) is 5.82 Å². The number of rotatable bonds is 5. The van der Waals surface area contributed by atoms with E-state index >= 15 is 0 Å². The molecule has 2 rings (SSSR count). The molecule has 1 fully saturated rings. The number of amides is 1. The first-order valence-electron chi connectivity index (χ1n) is 7.54. The summed E-state index contributed by atoms with van der Waals surface area (Å²) in [6.45, 7) is 4.10. The van der Waals surface area contributed by atoms with Gasteiger partial charge in [-0.25, -0.2) is 4.98 Å². The number of nitrogens with one attached hydrogen (secondary N) is 1. The van der Waals surface area contributed by atoms with Crippen molar-refractivity contribution in [3.63, 3.8) is 0 Å². The average molecular weight is 307 g/mol. The molecule has 21 heavy (non-hydrogen) atoms. The molecule has 1 aliphatic carbocycles. The lowest BCUT2D eigenvalue weighted by atomic mass is 10.1. The number of nitrogens with zero attached hydrogens (tertiary/aromatic N) is 2. The SMILES string of the molecule is CS[C@H]1CC[C@@H](N(C)C(=O)c2cccnc2NC(C)C)C1. The monoisotopic (exact) mass is 307 g/mol. The molecule has 116 valence electrons. The van der Waals surface area contributed by atoms with E-state index in [1.54, 1.807) is 6.20 Å². The molecule has 5 heteroatoms. The van der Waals surface area contributed by atoms with E-state index in [4.69, 9.17) is 0 Å². The van der Waals surface area contributed by atoms with E-state index < -0.39 is 0 Å². The molecule has 0 radical (unpaired) electrons. The molecule has 2 atom stereocenters. The Labute approximate surface area is 131 Å². The summed E-state index contributed by atoms with van der Waals surface area (Å²) in [4.78, 5) is 19.0. The summed E-state index contributed by atoms with van der Waals surface area (Å²) in [5, 5.41) is 3.94. The van der Waals surface area contributed by atoms with Crippen molar-refractivity contribution >= 4 is 23.5 Å². The number of hydrogen-bond acceptors (Lipinski definition) is 4. The second-order valence-electron chi connectivity index (χ2n) is 5.94. The van der Waals surface area contributed by atoms with Crippen molar-refractivity contribution in [1.82, 2.24) is 9.88 Å². The molecule has 0 aromatic carbocycles. The van der Waals surface area contributed by atoms with Crippen molar-refractivity contribution in [1.29, 1.82) is 0 Å². The van der Waals surface area contributed by atoms with Gasteiger partial charge in [-0.1, -0.05) is 0 Å². The van der Waals surface area contributed by atoms with Crippen LogP contribution in [-0.4, -0.2) is 46.4 Å². The number of anilines is 1. The topological polar surface area (TPSA) is 45.2 Å². The largest absolute Gasteiger partial charge is 0.367 e. The predicted molar refractivity (Wildman–Crippen MR) is 90.0 cm³/mol. The zero-order valence-corrected chi connectivity index (χ0v) is 14.1. The zero-order chi connectivity index (χ0) is 15.4. The van der Waals surface area contributed by atoms with Crippen LogP contribution in [0.4, 0.5) is 5.82 Å². The minimum absolute atomic E-state index is 0.0676.